The molecule has 1 N–H and O–H groups in total. The van der Waals surface area contributed by atoms with E-state index >= 15 is 0 Å². The lowest BCUT2D eigenvalue weighted by Crippen LogP contribution is -1.99. The van der Waals surface area contributed by atoms with Crippen molar-refractivity contribution in [2.45, 2.75) is 13.0 Å². The first-order valence-corrected chi connectivity index (χ1v) is 7.06. The first-order valence-electron chi connectivity index (χ1n) is 5.47. The Balaban J connectivity index is 2.26. The topological polar surface area (TPSA) is 42.6 Å². The molecular formula is C13H12Br2O3. The fourth-order valence-electron chi connectivity index (χ4n) is 1.60. The van der Waals surface area contributed by atoms with Crippen LogP contribution in [0.5, 0.6) is 5.75 Å². The molecule has 0 aliphatic carbocycles. The Bertz CT molecular complexity index is 537. The van der Waals surface area contributed by atoms with E-state index in [9.17, 15) is 5.11 Å². The number of hydrogen-bond donors (Lipinski definition) is 1. The minimum atomic E-state index is -0.789. The molecule has 3 nitrogen and oxygen atoms in total. The van der Waals surface area contributed by atoms with Crippen LogP contribution in [0.4, 0.5) is 0 Å². The molecule has 18 heavy (non-hydrogen) atoms. The number of aliphatic hydroxyl groups excluding tert-OH is 1. The Kier molecular flexibility index (Phi) is 4.48. The molecule has 0 aliphatic heterocycles. The van der Waals surface area contributed by atoms with Gasteiger partial charge in [-0.15, -0.1) is 0 Å². The Morgan fingerprint density at radius 2 is 2.06 bits per heavy atom. The lowest BCUT2D eigenvalue weighted by atomic mass is 10.1. The van der Waals surface area contributed by atoms with Crippen LogP contribution in [0.15, 0.2) is 43.9 Å². The summed E-state index contributed by atoms with van der Waals surface area (Å²) >= 11 is 6.63. The lowest BCUT2D eigenvalue weighted by Gasteiger charge is -2.11. The van der Waals surface area contributed by atoms with Crippen molar-refractivity contribution in [1.29, 1.82) is 0 Å². The maximum Gasteiger partial charge on any atom is 0.169 e. The molecule has 0 fully saturated rings. The number of ether oxygens (including phenoxy) is 1. The number of aliphatic hydroxyl groups is 1. The summed E-state index contributed by atoms with van der Waals surface area (Å²) in [5.74, 6) is 1.26. The molecule has 2 aromatic rings. The van der Waals surface area contributed by atoms with Gasteiger partial charge in [-0.1, -0.05) is 6.07 Å². The molecule has 0 spiro atoms. The largest absolute Gasteiger partial charge is 0.493 e. The van der Waals surface area contributed by atoms with E-state index in [0.29, 0.717) is 17.0 Å². The minimum Gasteiger partial charge on any atom is -0.493 e. The Morgan fingerprint density at radius 3 is 2.61 bits per heavy atom. The van der Waals surface area contributed by atoms with Crippen molar-refractivity contribution in [3.05, 3.63) is 50.8 Å². The molecule has 0 radical (unpaired) electrons. The molecule has 0 amide bonds. The maximum atomic E-state index is 10.2. The molecule has 1 aromatic heterocycles. The van der Waals surface area contributed by atoms with Crippen molar-refractivity contribution in [3.63, 3.8) is 0 Å². The molecule has 1 atom stereocenters. The summed E-state index contributed by atoms with van der Waals surface area (Å²) in [6, 6.07) is 8.95. The summed E-state index contributed by atoms with van der Waals surface area (Å²) < 4.78 is 12.2. The van der Waals surface area contributed by atoms with Crippen LogP contribution < -0.4 is 4.74 Å². The van der Waals surface area contributed by atoms with Crippen molar-refractivity contribution in [3.8, 4) is 5.75 Å². The van der Waals surface area contributed by atoms with Crippen LogP contribution in [0.1, 0.15) is 24.4 Å². The highest BCUT2D eigenvalue weighted by atomic mass is 79.9. The monoisotopic (exact) mass is 374 g/mol. The van der Waals surface area contributed by atoms with Crippen LogP contribution in [0.3, 0.4) is 0 Å². The molecule has 2 rings (SSSR count). The number of halogens is 2. The van der Waals surface area contributed by atoms with E-state index in [0.717, 1.165) is 15.8 Å². The van der Waals surface area contributed by atoms with E-state index in [1.807, 2.05) is 25.1 Å². The third-order valence-electron chi connectivity index (χ3n) is 2.44. The Labute approximate surface area is 122 Å². The number of furan rings is 1. The smallest absolute Gasteiger partial charge is 0.169 e. The average Bonchev–Trinajstić information content (AvgIpc) is 2.78. The van der Waals surface area contributed by atoms with Crippen molar-refractivity contribution < 1.29 is 14.3 Å². The summed E-state index contributed by atoms with van der Waals surface area (Å²) in [4.78, 5) is 0. The van der Waals surface area contributed by atoms with Gasteiger partial charge in [0.15, 0.2) is 4.67 Å². The summed E-state index contributed by atoms with van der Waals surface area (Å²) in [5.41, 5.74) is 0.743. The maximum absolute atomic E-state index is 10.2. The lowest BCUT2D eigenvalue weighted by molar-refractivity contribution is 0.187. The first kappa shape index (κ1) is 13.6. The van der Waals surface area contributed by atoms with Crippen molar-refractivity contribution >= 4 is 31.9 Å². The van der Waals surface area contributed by atoms with E-state index in [-0.39, 0.29) is 0 Å². The summed E-state index contributed by atoms with van der Waals surface area (Å²) in [5, 5.41) is 10.2. The Morgan fingerprint density at radius 1 is 1.28 bits per heavy atom. The third-order valence-corrected chi connectivity index (χ3v) is 3.48. The van der Waals surface area contributed by atoms with Gasteiger partial charge in [-0.2, -0.15) is 0 Å². The van der Waals surface area contributed by atoms with Crippen LogP contribution in [-0.4, -0.2) is 11.7 Å². The Hall–Kier alpha value is -0.780. The SMILES string of the molecule is CCOc1ccc(C(O)c2ccc(Br)o2)cc1Br. The fourth-order valence-corrected chi connectivity index (χ4v) is 2.43. The minimum absolute atomic E-state index is 0.498. The van der Waals surface area contributed by atoms with Gasteiger partial charge in [0, 0.05) is 0 Å². The molecule has 0 saturated heterocycles. The quantitative estimate of drug-likeness (QED) is 0.866. The van der Waals surface area contributed by atoms with Crippen LogP contribution in [-0.2, 0) is 0 Å². The van der Waals surface area contributed by atoms with Gasteiger partial charge < -0.3 is 14.3 Å². The standard InChI is InChI=1S/C13H12Br2O3/c1-2-17-10-4-3-8(7-9(10)14)13(16)11-5-6-12(15)18-11/h3-7,13,16H,2H2,1H3. The van der Waals surface area contributed by atoms with Crippen LogP contribution in [0.25, 0.3) is 0 Å². The third kappa shape index (κ3) is 2.96. The second-order valence-corrected chi connectivity index (χ2v) is 5.30. The van der Waals surface area contributed by atoms with Crippen LogP contribution in [0.2, 0.25) is 0 Å². The first-order chi connectivity index (χ1) is 8.61. The molecule has 1 heterocycles. The van der Waals surface area contributed by atoms with Crippen LogP contribution >= 0.6 is 31.9 Å². The van der Waals surface area contributed by atoms with Gasteiger partial charge in [-0.25, -0.2) is 0 Å². The van der Waals surface area contributed by atoms with Gasteiger partial charge in [0.1, 0.15) is 17.6 Å². The van der Waals surface area contributed by atoms with E-state index in [2.05, 4.69) is 31.9 Å². The van der Waals surface area contributed by atoms with Gasteiger partial charge in [0.05, 0.1) is 11.1 Å². The molecule has 0 aliphatic rings. The molecule has 1 aromatic carbocycles. The normalized spacial score (nSPS) is 12.4. The zero-order valence-electron chi connectivity index (χ0n) is 9.69. The predicted octanol–water partition coefficient (Wildman–Crippen LogP) is 4.29. The number of benzene rings is 1. The zero-order chi connectivity index (χ0) is 13.1. The molecular weight excluding hydrogens is 364 g/mol. The van der Waals surface area contributed by atoms with Gasteiger partial charge in [0.2, 0.25) is 0 Å². The molecule has 5 heteroatoms. The molecule has 0 bridgehead atoms. The molecule has 96 valence electrons. The highest BCUT2D eigenvalue weighted by Gasteiger charge is 2.15. The highest BCUT2D eigenvalue weighted by molar-refractivity contribution is 9.10. The summed E-state index contributed by atoms with van der Waals surface area (Å²) in [6.45, 7) is 2.53. The number of hydrogen-bond acceptors (Lipinski definition) is 3. The zero-order valence-corrected chi connectivity index (χ0v) is 12.9. The predicted molar refractivity (Wildman–Crippen MR) is 75.8 cm³/mol. The van der Waals surface area contributed by atoms with E-state index < -0.39 is 6.10 Å². The second-order valence-electron chi connectivity index (χ2n) is 3.67. The second kappa shape index (κ2) is 5.91. The van der Waals surface area contributed by atoms with Gasteiger partial charge in [-0.05, 0) is 68.6 Å². The molecule has 0 saturated carbocycles. The van der Waals surface area contributed by atoms with Crippen molar-refractivity contribution in [2.75, 3.05) is 6.61 Å². The fraction of sp³-hybridized carbons (Fsp3) is 0.231. The van der Waals surface area contributed by atoms with Gasteiger partial charge >= 0.3 is 0 Å². The van der Waals surface area contributed by atoms with Crippen LogP contribution in [0, 0.1) is 0 Å². The average molecular weight is 376 g/mol. The van der Waals surface area contributed by atoms with E-state index in [1.165, 1.54) is 0 Å². The van der Waals surface area contributed by atoms with Gasteiger partial charge in [-0.3, -0.25) is 0 Å². The summed E-state index contributed by atoms with van der Waals surface area (Å²) in [6.07, 6.45) is -0.789. The van der Waals surface area contributed by atoms with Crippen molar-refractivity contribution in [2.24, 2.45) is 0 Å². The van der Waals surface area contributed by atoms with Crippen molar-refractivity contribution in [1.82, 2.24) is 0 Å². The molecule has 1 unspecified atom stereocenters. The van der Waals surface area contributed by atoms with E-state index in [1.54, 1.807) is 12.1 Å². The van der Waals surface area contributed by atoms with E-state index in [4.69, 9.17) is 9.15 Å². The van der Waals surface area contributed by atoms with Gasteiger partial charge in [0.25, 0.3) is 0 Å². The number of rotatable bonds is 4. The highest BCUT2D eigenvalue weighted by Crippen LogP contribution is 2.32. The summed E-state index contributed by atoms with van der Waals surface area (Å²) in [7, 11) is 0.